The molecule has 1 heterocycles. The quantitative estimate of drug-likeness (QED) is 0.923. The molecule has 102 valence electrons. The molecule has 20 heavy (non-hydrogen) atoms. The van der Waals surface area contributed by atoms with Gasteiger partial charge in [-0.2, -0.15) is 0 Å². The van der Waals surface area contributed by atoms with Gasteiger partial charge in [0.05, 0.1) is 5.56 Å². The van der Waals surface area contributed by atoms with E-state index in [0.717, 1.165) is 17.7 Å². The lowest BCUT2D eigenvalue weighted by molar-refractivity contribution is 0.0951. The maximum atomic E-state index is 12.1. The van der Waals surface area contributed by atoms with Gasteiger partial charge in [-0.1, -0.05) is 24.3 Å². The number of rotatable bonds is 4. The lowest BCUT2D eigenvalue weighted by Crippen LogP contribution is -2.25. The first kappa shape index (κ1) is 12.9. The number of hydrogen-bond acceptors (Lipinski definition) is 2. The van der Waals surface area contributed by atoms with Crippen LogP contribution >= 0.6 is 0 Å². The van der Waals surface area contributed by atoms with Gasteiger partial charge < -0.3 is 5.32 Å². The second-order valence-electron chi connectivity index (χ2n) is 5.43. The summed E-state index contributed by atoms with van der Waals surface area (Å²) in [4.78, 5) is 16.3. The minimum Gasteiger partial charge on any atom is -0.352 e. The number of hydrogen-bond donors (Lipinski definition) is 1. The Morgan fingerprint density at radius 2 is 2.10 bits per heavy atom. The number of pyridine rings is 1. The van der Waals surface area contributed by atoms with Gasteiger partial charge >= 0.3 is 0 Å². The third kappa shape index (κ3) is 2.87. The van der Waals surface area contributed by atoms with Crippen LogP contribution in [-0.2, 0) is 0 Å². The smallest absolute Gasteiger partial charge is 0.252 e. The molecule has 3 nitrogen and oxygen atoms in total. The number of carbonyl (C=O) groups is 1. The average molecular weight is 266 g/mol. The number of aromatic nitrogens is 1. The van der Waals surface area contributed by atoms with Gasteiger partial charge in [0.15, 0.2) is 0 Å². The van der Waals surface area contributed by atoms with E-state index in [-0.39, 0.29) is 5.91 Å². The molecule has 1 fully saturated rings. The maximum absolute atomic E-state index is 12.1. The normalized spacial score (nSPS) is 14.1. The Morgan fingerprint density at radius 3 is 2.85 bits per heavy atom. The number of nitrogens with zero attached hydrogens (tertiary/aromatic N) is 1. The largest absolute Gasteiger partial charge is 0.352 e. The monoisotopic (exact) mass is 266 g/mol. The van der Waals surface area contributed by atoms with Gasteiger partial charge in [-0.05, 0) is 42.9 Å². The first-order chi connectivity index (χ1) is 9.74. The molecule has 0 unspecified atom stereocenters. The van der Waals surface area contributed by atoms with Crippen molar-refractivity contribution < 1.29 is 4.79 Å². The summed E-state index contributed by atoms with van der Waals surface area (Å²) in [5, 5.41) is 2.98. The highest BCUT2D eigenvalue weighted by atomic mass is 16.1. The van der Waals surface area contributed by atoms with Crippen molar-refractivity contribution in [3.8, 4) is 11.1 Å². The summed E-state index contributed by atoms with van der Waals surface area (Å²) < 4.78 is 0. The van der Waals surface area contributed by atoms with Gasteiger partial charge in [0.2, 0.25) is 0 Å². The molecule has 3 rings (SSSR count). The molecule has 1 saturated carbocycles. The van der Waals surface area contributed by atoms with Crippen LogP contribution in [-0.4, -0.2) is 17.4 Å². The van der Waals surface area contributed by atoms with Crippen LogP contribution in [0.1, 0.15) is 28.8 Å². The third-order valence-electron chi connectivity index (χ3n) is 3.70. The molecule has 3 heteroatoms. The Labute approximate surface area is 119 Å². The van der Waals surface area contributed by atoms with E-state index in [2.05, 4.69) is 29.4 Å². The van der Waals surface area contributed by atoms with E-state index in [1.54, 1.807) is 12.4 Å². The number of benzene rings is 1. The molecule has 0 atom stereocenters. The molecule has 2 aromatic rings. The highest BCUT2D eigenvalue weighted by Crippen LogP contribution is 2.27. The van der Waals surface area contributed by atoms with E-state index in [1.807, 2.05) is 18.2 Å². The molecule has 0 aliphatic heterocycles. The summed E-state index contributed by atoms with van der Waals surface area (Å²) in [6.07, 6.45) is 5.91. The molecular formula is C17H18N2O. The Kier molecular flexibility index (Phi) is 3.50. The SMILES string of the molecule is Cc1ccccc1-c1cncc(C(=O)NCC2CC2)c1. The second-order valence-corrected chi connectivity index (χ2v) is 5.43. The zero-order valence-corrected chi connectivity index (χ0v) is 11.6. The molecule has 1 aliphatic rings. The molecule has 0 saturated heterocycles. The summed E-state index contributed by atoms with van der Waals surface area (Å²) in [5.41, 5.74) is 3.93. The van der Waals surface area contributed by atoms with Crippen molar-refractivity contribution in [2.75, 3.05) is 6.54 Å². The Hall–Kier alpha value is -2.16. The first-order valence-corrected chi connectivity index (χ1v) is 7.03. The Bertz CT molecular complexity index is 632. The average Bonchev–Trinajstić information content (AvgIpc) is 3.29. The van der Waals surface area contributed by atoms with Crippen molar-refractivity contribution in [3.63, 3.8) is 0 Å². The second kappa shape index (κ2) is 5.45. The fourth-order valence-electron chi connectivity index (χ4n) is 2.27. The summed E-state index contributed by atoms with van der Waals surface area (Å²) >= 11 is 0. The van der Waals surface area contributed by atoms with Crippen LogP contribution in [0.15, 0.2) is 42.7 Å². The highest BCUT2D eigenvalue weighted by Gasteiger charge is 2.22. The van der Waals surface area contributed by atoms with E-state index in [1.165, 1.54) is 18.4 Å². The fraction of sp³-hybridized carbons (Fsp3) is 0.294. The van der Waals surface area contributed by atoms with Crippen LogP contribution in [0.5, 0.6) is 0 Å². The molecular weight excluding hydrogens is 248 g/mol. The zero-order valence-electron chi connectivity index (χ0n) is 11.6. The molecule has 0 bridgehead atoms. The van der Waals surface area contributed by atoms with Gasteiger partial charge in [0.1, 0.15) is 0 Å². The van der Waals surface area contributed by atoms with Crippen molar-refractivity contribution in [3.05, 3.63) is 53.9 Å². The third-order valence-corrected chi connectivity index (χ3v) is 3.70. The Balaban J connectivity index is 1.81. The molecule has 1 aliphatic carbocycles. The van der Waals surface area contributed by atoms with E-state index in [4.69, 9.17) is 0 Å². The summed E-state index contributed by atoms with van der Waals surface area (Å²) in [6.45, 7) is 2.85. The lowest BCUT2D eigenvalue weighted by Gasteiger charge is -2.08. The zero-order chi connectivity index (χ0) is 13.9. The van der Waals surface area contributed by atoms with Gasteiger partial charge in [-0.15, -0.1) is 0 Å². The Morgan fingerprint density at radius 1 is 1.30 bits per heavy atom. The molecule has 0 spiro atoms. The van der Waals surface area contributed by atoms with Crippen molar-refractivity contribution in [2.24, 2.45) is 5.92 Å². The van der Waals surface area contributed by atoms with E-state index >= 15 is 0 Å². The van der Waals surface area contributed by atoms with Crippen LogP contribution in [0.2, 0.25) is 0 Å². The van der Waals surface area contributed by atoms with Crippen LogP contribution in [0, 0.1) is 12.8 Å². The molecule has 1 amide bonds. The summed E-state index contributed by atoms with van der Waals surface area (Å²) in [5.74, 6) is 0.659. The minimum atomic E-state index is -0.0279. The molecule has 1 aromatic heterocycles. The van der Waals surface area contributed by atoms with Gasteiger partial charge in [-0.25, -0.2) is 0 Å². The summed E-state index contributed by atoms with van der Waals surface area (Å²) in [6, 6.07) is 10.0. The lowest BCUT2D eigenvalue weighted by atomic mass is 10.0. The predicted molar refractivity (Wildman–Crippen MR) is 79.5 cm³/mol. The van der Waals surface area contributed by atoms with Gasteiger partial charge in [0.25, 0.3) is 5.91 Å². The van der Waals surface area contributed by atoms with Crippen molar-refractivity contribution >= 4 is 5.91 Å². The van der Waals surface area contributed by atoms with Crippen molar-refractivity contribution in [1.82, 2.24) is 10.3 Å². The number of nitrogens with one attached hydrogen (secondary N) is 1. The standard InChI is InChI=1S/C17H18N2O/c1-12-4-2-3-5-16(12)14-8-15(11-18-10-14)17(20)19-9-13-6-7-13/h2-5,8,10-11,13H,6-7,9H2,1H3,(H,19,20). The predicted octanol–water partition coefficient (Wildman–Crippen LogP) is 3.20. The van der Waals surface area contributed by atoms with Crippen LogP contribution in [0.4, 0.5) is 0 Å². The number of carbonyl (C=O) groups excluding carboxylic acids is 1. The molecule has 1 N–H and O–H groups in total. The summed E-state index contributed by atoms with van der Waals surface area (Å²) in [7, 11) is 0. The highest BCUT2D eigenvalue weighted by molar-refractivity contribution is 5.95. The van der Waals surface area contributed by atoms with Crippen molar-refractivity contribution in [2.45, 2.75) is 19.8 Å². The van der Waals surface area contributed by atoms with E-state index < -0.39 is 0 Å². The van der Waals surface area contributed by atoms with Gasteiger partial charge in [0, 0.05) is 24.5 Å². The molecule has 0 radical (unpaired) electrons. The van der Waals surface area contributed by atoms with Crippen LogP contribution in [0.3, 0.4) is 0 Å². The van der Waals surface area contributed by atoms with E-state index in [0.29, 0.717) is 11.5 Å². The molecule has 1 aromatic carbocycles. The van der Waals surface area contributed by atoms with Crippen LogP contribution < -0.4 is 5.32 Å². The first-order valence-electron chi connectivity index (χ1n) is 7.03. The minimum absolute atomic E-state index is 0.0279. The number of amides is 1. The van der Waals surface area contributed by atoms with Crippen molar-refractivity contribution in [1.29, 1.82) is 0 Å². The maximum Gasteiger partial charge on any atom is 0.252 e. The number of aryl methyl sites for hydroxylation is 1. The fourth-order valence-corrected chi connectivity index (χ4v) is 2.27. The van der Waals surface area contributed by atoms with E-state index in [9.17, 15) is 4.79 Å². The topological polar surface area (TPSA) is 42.0 Å². The van der Waals surface area contributed by atoms with Gasteiger partial charge in [-0.3, -0.25) is 9.78 Å². The van der Waals surface area contributed by atoms with Crippen LogP contribution in [0.25, 0.3) is 11.1 Å².